The van der Waals surface area contributed by atoms with Crippen molar-refractivity contribution in [2.24, 2.45) is 5.92 Å². The van der Waals surface area contributed by atoms with Crippen LogP contribution in [0.5, 0.6) is 0 Å². The number of halogens is 1. The Morgan fingerprint density at radius 2 is 2.04 bits per heavy atom. The van der Waals surface area contributed by atoms with E-state index < -0.39 is 5.54 Å². The van der Waals surface area contributed by atoms with Crippen LogP contribution in [0.15, 0.2) is 36.4 Å². The number of benzene rings is 1. The number of nitrogens with zero attached hydrogens (tertiary/aromatic N) is 3. The highest BCUT2D eigenvalue weighted by molar-refractivity contribution is 6.29. The zero-order valence-electron chi connectivity index (χ0n) is 15.0. The minimum atomic E-state index is -0.800. The number of carbonyl (C=O) groups excluding carboxylic acids is 1. The van der Waals surface area contributed by atoms with E-state index in [1.165, 1.54) is 0 Å². The SMILES string of the molecule is Cc1cc(Cl)nc2c1c(C)nn2[C@@]1(C(=O)OCc2ccccc2)C[C@@H]1C. The molecule has 4 rings (SSSR count). The van der Waals surface area contributed by atoms with E-state index in [0.717, 1.165) is 22.2 Å². The molecule has 1 aliphatic carbocycles. The van der Waals surface area contributed by atoms with Crippen molar-refractivity contribution in [1.82, 2.24) is 14.8 Å². The third-order valence-electron chi connectivity index (χ3n) is 5.20. The van der Waals surface area contributed by atoms with Crippen molar-refractivity contribution in [3.63, 3.8) is 0 Å². The third kappa shape index (κ3) is 2.58. The molecular formula is C20H20ClN3O2. The Morgan fingerprint density at radius 3 is 2.69 bits per heavy atom. The van der Waals surface area contributed by atoms with Crippen LogP contribution in [0.2, 0.25) is 5.15 Å². The van der Waals surface area contributed by atoms with E-state index in [9.17, 15) is 4.79 Å². The first-order chi connectivity index (χ1) is 12.4. The molecule has 2 aromatic heterocycles. The molecule has 0 saturated heterocycles. The van der Waals surface area contributed by atoms with Crippen molar-refractivity contribution in [1.29, 1.82) is 0 Å². The van der Waals surface area contributed by atoms with E-state index in [4.69, 9.17) is 16.3 Å². The zero-order chi connectivity index (χ0) is 18.5. The number of hydrogen-bond acceptors (Lipinski definition) is 4. The van der Waals surface area contributed by atoms with Gasteiger partial charge in [-0.25, -0.2) is 14.5 Å². The first-order valence-electron chi connectivity index (χ1n) is 8.67. The topological polar surface area (TPSA) is 57.0 Å². The molecule has 134 valence electrons. The number of ether oxygens (including phenoxy) is 1. The molecule has 1 saturated carbocycles. The summed E-state index contributed by atoms with van der Waals surface area (Å²) in [5.41, 5.74) is 2.66. The predicted octanol–water partition coefficient (Wildman–Crippen LogP) is 4.18. The maximum atomic E-state index is 13.0. The van der Waals surface area contributed by atoms with Crippen LogP contribution in [0, 0.1) is 19.8 Å². The second-order valence-electron chi connectivity index (χ2n) is 7.05. The van der Waals surface area contributed by atoms with Crippen LogP contribution in [-0.2, 0) is 21.7 Å². The maximum Gasteiger partial charge on any atom is 0.334 e. The molecule has 3 aromatic rings. The van der Waals surface area contributed by atoms with Crippen LogP contribution >= 0.6 is 11.6 Å². The van der Waals surface area contributed by atoms with Crippen molar-refractivity contribution < 1.29 is 9.53 Å². The molecule has 1 aromatic carbocycles. The highest BCUT2D eigenvalue weighted by Crippen LogP contribution is 2.52. The van der Waals surface area contributed by atoms with Crippen molar-refractivity contribution >= 4 is 28.6 Å². The van der Waals surface area contributed by atoms with Crippen LogP contribution in [-0.4, -0.2) is 20.7 Å². The van der Waals surface area contributed by atoms with E-state index in [-0.39, 0.29) is 18.5 Å². The molecule has 0 N–H and O–H groups in total. The molecule has 0 spiro atoms. The van der Waals surface area contributed by atoms with Gasteiger partial charge < -0.3 is 4.74 Å². The van der Waals surface area contributed by atoms with E-state index in [1.54, 1.807) is 4.68 Å². The van der Waals surface area contributed by atoms with Crippen LogP contribution in [0.1, 0.15) is 30.2 Å². The monoisotopic (exact) mass is 369 g/mol. The van der Waals surface area contributed by atoms with Crippen molar-refractivity contribution in [3.8, 4) is 0 Å². The fraction of sp³-hybridized carbons (Fsp3) is 0.350. The van der Waals surface area contributed by atoms with Gasteiger partial charge in [-0.1, -0.05) is 48.9 Å². The Morgan fingerprint density at radius 1 is 1.35 bits per heavy atom. The van der Waals surface area contributed by atoms with Gasteiger partial charge in [0.15, 0.2) is 11.2 Å². The molecule has 0 unspecified atom stereocenters. The van der Waals surface area contributed by atoms with E-state index >= 15 is 0 Å². The van der Waals surface area contributed by atoms with Crippen LogP contribution in [0.25, 0.3) is 11.0 Å². The summed E-state index contributed by atoms with van der Waals surface area (Å²) in [5.74, 6) is -0.132. The number of aryl methyl sites for hydroxylation is 2. The average Bonchev–Trinajstić information content (AvgIpc) is 3.18. The molecule has 26 heavy (non-hydrogen) atoms. The van der Waals surface area contributed by atoms with Gasteiger partial charge in [0.25, 0.3) is 0 Å². The fourth-order valence-electron chi connectivity index (χ4n) is 3.66. The first-order valence-corrected chi connectivity index (χ1v) is 9.05. The number of pyridine rings is 1. The van der Waals surface area contributed by atoms with Crippen LogP contribution in [0.4, 0.5) is 0 Å². The minimum absolute atomic E-state index is 0.134. The second-order valence-corrected chi connectivity index (χ2v) is 7.44. The number of carbonyl (C=O) groups is 1. The molecule has 2 heterocycles. The summed E-state index contributed by atoms with van der Waals surface area (Å²) in [4.78, 5) is 17.4. The standard InChI is InChI=1S/C20H20ClN3O2/c1-12-9-16(21)22-18-17(12)14(3)23-24(18)20(10-13(20)2)19(25)26-11-15-7-5-4-6-8-15/h4-9,13H,10-11H2,1-3H3/t13-,20-/m0/s1. The van der Waals surface area contributed by atoms with Crippen molar-refractivity contribution in [2.75, 3.05) is 0 Å². The van der Waals surface area contributed by atoms with Crippen molar-refractivity contribution in [2.45, 2.75) is 39.3 Å². The lowest BCUT2D eigenvalue weighted by Gasteiger charge is -2.17. The average molecular weight is 370 g/mol. The van der Waals surface area contributed by atoms with E-state index in [2.05, 4.69) is 10.1 Å². The molecule has 5 nitrogen and oxygen atoms in total. The van der Waals surface area contributed by atoms with Gasteiger partial charge in [0.05, 0.1) is 5.69 Å². The summed E-state index contributed by atoms with van der Waals surface area (Å²) in [6.07, 6.45) is 0.685. The number of hydrogen-bond donors (Lipinski definition) is 0. The lowest BCUT2D eigenvalue weighted by atomic mass is 10.1. The summed E-state index contributed by atoms with van der Waals surface area (Å²) in [7, 11) is 0. The van der Waals surface area contributed by atoms with Gasteiger partial charge in [0.2, 0.25) is 0 Å². The Bertz CT molecular complexity index is 999. The van der Waals surface area contributed by atoms with Gasteiger partial charge in [-0.3, -0.25) is 0 Å². The van der Waals surface area contributed by atoms with Gasteiger partial charge in [-0.2, -0.15) is 5.10 Å². The predicted molar refractivity (Wildman–Crippen MR) is 100 cm³/mol. The third-order valence-corrected chi connectivity index (χ3v) is 5.39. The summed E-state index contributed by atoms with van der Waals surface area (Å²) < 4.78 is 7.37. The Kier molecular flexibility index (Phi) is 3.99. The normalized spacial score (nSPS) is 21.8. The number of aromatic nitrogens is 3. The lowest BCUT2D eigenvalue weighted by Crippen LogP contribution is -2.33. The summed E-state index contributed by atoms with van der Waals surface area (Å²) >= 11 is 6.16. The molecule has 1 fully saturated rings. The van der Waals surface area contributed by atoms with Crippen molar-refractivity contribution in [3.05, 3.63) is 58.4 Å². The molecular weight excluding hydrogens is 350 g/mol. The van der Waals surface area contributed by atoms with E-state index in [0.29, 0.717) is 17.2 Å². The number of esters is 1. The second kappa shape index (κ2) is 6.09. The van der Waals surface area contributed by atoms with Crippen LogP contribution < -0.4 is 0 Å². The van der Waals surface area contributed by atoms with Gasteiger partial charge in [0, 0.05) is 5.39 Å². The Hall–Kier alpha value is -2.40. The lowest BCUT2D eigenvalue weighted by molar-refractivity contribution is -0.151. The highest BCUT2D eigenvalue weighted by atomic mass is 35.5. The highest BCUT2D eigenvalue weighted by Gasteiger charge is 2.62. The van der Waals surface area contributed by atoms with Gasteiger partial charge in [-0.15, -0.1) is 0 Å². The molecule has 0 radical (unpaired) electrons. The van der Waals surface area contributed by atoms with E-state index in [1.807, 2.05) is 57.2 Å². The van der Waals surface area contributed by atoms with Crippen LogP contribution in [0.3, 0.4) is 0 Å². The smallest absolute Gasteiger partial charge is 0.334 e. The molecule has 0 aliphatic heterocycles. The Labute approximate surface area is 156 Å². The Balaban J connectivity index is 1.71. The molecule has 2 atom stereocenters. The summed E-state index contributed by atoms with van der Waals surface area (Å²) in [5, 5.41) is 6.00. The van der Waals surface area contributed by atoms with Gasteiger partial charge in [-0.05, 0) is 43.4 Å². The number of fused-ring (bicyclic) bond motifs is 1. The molecule has 0 amide bonds. The number of rotatable bonds is 4. The minimum Gasteiger partial charge on any atom is -0.459 e. The largest absolute Gasteiger partial charge is 0.459 e. The molecule has 1 aliphatic rings. The van der Waals surface area contributed by atoms with Gasteiger partial charge >= 0.3 is 5.97 Å². The maximum absolute atomic E-state index is 13.0. The summed E-state index contributed by atoms with van der Waals surface area (Å²) in [6, 6.07) is 11.5. The quantitative estimate of drug-likeness (QED) is 0.511. The first kappa shape index (κ1) is 17.0. The van der Waals surface area contributed by atoms with Gasteiger partial charge in [0.1, 0.15) is 11.8 Å². The fourth-order valence-corrected chi connectivity index (χ4v) is 3.91. The molecule has 0 bridgehead atoms. The zero-order valence-corrected chi connectivity index (χ0v) is 15.7. The summed E-state index contributed by atoms with van der Waals surface area (Å²) in [6.45, 7) is 6.19. The molecule has 6 heteroatoms.